The van der Waals surface area contributed by atoms with Crippen molar-refractivity contribution in [2.75, 3.05) is 19.0 Å². The number of rotatable bonds is 7. The van der Waals surface area contributed by atoms with Crippen LogP contribution in [-0.4, -0.2) is 24.5 Å². The smallest absolute Gasteiger partial charge is 0.255 e. The lowest BCUT2D eigenvalue weighted by Crippen LogP contribution is -2.26. The number of nitrogens with zero attached hydrogens (tertiary/aromatic N) is 1. The number of hydrogen-bond acceptors (Lipinski definition) is 4. The molecule has 5 nitrogen and oxygen atoms in total. The largest absolute Gasteiger partial charge is 0.497 e. The molecule has 0 saturated carbocycles. The Morgan fingerprint density at radius 2 is 1.96 bits per heavy atom. The molecule has 0 fully saturated rings. The molecule has 2 rings (SSSR count). The summed E-state index contributed by atoms with van der Waals surface area (Å²) in [6.07, 6.45) is 2.62. The van der Waals surface area contributed by atoms with E-state index in [9.17, 15) is 4.79 Å². The summed E-state index contributed by atoms with van der Waals surface area (Å²) < 4.78 is 5.14. The number of carbonyl (C=O) groups is 1. The summed E-state index contributed by atoms with van der Waals surface area (Å²) in [6.45, 7) is 4.92. The molecule has 5 heteroatoms. The van der Waals surface area contributed by atoms with Gasteiger partial charge in [-0.05, 0) is 48.7 Å². The van der Waals surface area contributed by atoms with Crippen molar-refractivity contribution in [1.82, 2.24) is 10.3 Å². The molecule has 0 saturated heterocycles. The maximum atomic E-state index is 12.3. The Bertz CT molecular complexity index is 639. The van der Waals surface area contributed by atoms with Crippen LogP contribution in [0.15, 0.2) is 42.6 Å². The fourth-order valence-electron chi connectivity index (χ4n) is 2.07. The topological polar surface area (TPSA) is 63.2 Å². The van der Waals surface area contributed by atoms with Crippen molar-refractivity contribution in [3.05, 3.63) is 48.2 Å². The lowest BCUT2D eigenvalue weighted by atomic mass is 10.1. The van der Waals surface area contributed by atoms with Crippen LogP contribution in [0.1, 0.15) is 30.6 Å². The zero-order valence-corrected chi connectivity index (χ0v) is 13.8. The first-order valence-corrected chi connectivity index (χ1v) is 7.74. The van der Waals surface area contributed by atoms with E-state index in [1.54, 1.807) is 25.4 Å². The van der Waals surface area contributed by atoms with Crippen LogP contribution in [0.3, 0.4) is 0 Å². The third kappa shape index (κ3) is 4.98. The van der Waals surface area contributed by atoms with Crippen molar-refractivity contribution in [2.45, 2.75) is 20.3 Å². The predicted octanol–water partition coefficient (Wildman–Crippen LogP) is 3.61. The van der Waals surface area contributed by atoms with Crippen molar-refractivity contribution in [3.63, 3.8) is 0 Å². The Balaban J connectivity index is 2.08. The van der Waals surface area contributed by atoms with Gasteiger partial charge in [-0.15, -0.1) is 0 Å². The van der Waals surface area contributed by atoms with Crippen molar-refractivity contribution in [3.8, 4) is 5.75 Å². The molecule has 1 amide bonds. The molecule has 1 aromatic carbocycles. The van der Waals surface area contributed by atoms with Crippen molar-refractivity contribution < 1.29 is 9.53 Å². The second-order valence-electron chi connectivity index (χ2n) is 5.69. The molecular weight excluding hydrogens is 290 g/mol. The fraction of sp³-hybridized carbons (Fsp3) is 0.333. The van der Waals surface area contributed by atoms with E-state index in [2.05, 4.69) is 29.5 Å². The van der Waals surface area contributed by atoms with Gasteiger partial charge in [-0.3, -0.25) is 4.79 Å². The number of benzene rings is 1. The third-order valence-corrected chi connectivity index (χ3v) is 3.41. The first-order valence-electron chi connectivity index (χ1n) is 7.74. The van der Waals surface area contributed by atoms with Crippen LogP contribution in [0, 0.1) is 5.92 Å². The van der Waals surface area contributed by atoms with Gasteiger partial charge in [-0.1, -0.05) is 13.8 Å². The van der Waals surface area contributed by atoms with Crippen molar-refractivity contribution >= 4 is 17.4 Å². The Morgan fingerprint density at radius 3 is 2.61 bits per heavy atom. The molecule has 0 aliphatic heterocycles. The minimum atomic E-state index is -0.116. The van der Waals surface area contributed by atoms with Crippen LogP contribution in [0.2, 0.25) is 0 Å². The van der Waals surface area contributed by atoms with Crippen molar-refractivity contribution in [2.24, 2.45) is 5.92 Å². The lowest BCUT2D eigenvalue weighted by molar-refractivity contribution is 0.0952. The quantitative estimate of drug-likeness (QED) is 0.819. The molecule has 0 unspecified atom stereocenters. The van der Waals surface area contributed by atoms with Crippen LogP contribution in [0.25, 0.3) is 0 Å². The minimum Gasteiger partial charge on any atom is -0.497 e. The number of nitrogens with one attached hydrogen (secondary N) is 2. The van der Waals surface area contributed by atoms with E-state index >= 15 is 0 Å². The summed E-state index contributed by atoms with van der Waals surface area (Å²) in [5.41, 5.74) is 1.38. The standard InChI is InChI=1S/C18H23N3O2/c1-13(2)10-12-20-18(22)16-5-4-11-19-17(16)21-14-6-8-15(23-3)9-7-14/h4-9,11,13H,10,12H2,1-3H3,(H,19,21)(H,20,22). The van der Waals surface area contributed by atoms with Gasteiger partial charge in [0.05, 0.1) is 12.7 Å². The molecular formula is C18H23N3O2. The van der Waals surface area contributed by atoms with Crippen LogP contribution in [-0.2, 0) is 0 Å². The van der Waals surface area contributed by atoms with Crippen LogP contribution in [0.4, 0.5) is 11.5 Å². The van der Waals surface area contributed by atoms with E-state index in [0.29, 0.717) is 23.8 Å². The maximum Gasteiger partial charge on any atom is 0.255 e. The Hall–Kier alpha value is -2.56. The second-order valence-corrected chi connectivity index (χ2v) is 5.69. The number of aromatic nitrogens is 1. The molecule has 0 atom stereocenters. The molecule has 23 heavy (non-hydrogen) atoms. The van der Waals surface area contributed by atoms with Gasteiger partial charge in [0.25, 0.3) is 5.91 Å². The number of amides is 1. The Labute approximate surface area is 137 Å². The van der Waals surface area contributed by atoms with Gasteiger partial charge in [0, 0.05) is 18.4 Å². The van der Waals surface area contributed by atoms with Gasteiger partial charge in [0.1, 0.15) is 11.6 Å². The van der Waals surface area contributed by atoms with Crippen LogP contribution in [0.5, 0.6) is 5.75 Å². The second kappa shape index (κ2) is 8.17. The van der Waals surface area contributed by atoms with Crippen molar-refractivity contribution in [1.29, 1.82) is 0 Å². The van der Waals surface area contributed by atoms with E-state index < -0.39 is 0 Å². The number of pyridine rings is 1. The number of carbonyl (C=O) groups excluding carboxylic acids is 1. The van der Waals surface area contributed by atoms with E-state index in [0.717, 1.165) is 17.9 Å². The zero-order valence-electron chi connectivity index (χ0n) is 13.8. The van der Waals surface area contributed by atoms with Crippen LogP contribution < -0.4 is 15.4 Å². The van der Waals surface area contributed by atoms with Crippen LogP contribution >= 0.6 is 0 Å². The number of methoxy groups -OCH3 is 1. The molecule has 1 aromatic heterocycles. The summed E-state index contributed by atoms with van der Waals surface area (Å²) in [5, 5.41) is 6.11. The highest BCUT2D eigenvalue weighted by molar-refractivity contribution is 5.99. The average Bonchev–Trinajstić information content (AvgIpc) is 2.55. The van der Waals surface area contributed by atoms with Gasteiger partial charge in [0.2, 0.25) is 0 Å². The minimum absolute atomic E-state index is 0.116. The SMILES string of the molecule is COc1ccc(Nc2ncccc2C(=O)NCCC(C)C)cc1. The summed E-state index contributed by atoms with van der Waals surface area (Å²) in [5.74, 6) is 1.76. The molecule has 0 bridgehead atoms. The molecule has 0 radical (unpaired) electrons. The van der Waals surface area contributed by atoms with E-state index in [4.69, 9.17) is 4.74 Å². The highest BCUT2D eigenvalue weighted by atomic mass is 16.5. The third-order valence-electron chi connectivity index (χ3n) is 3.41. The predicted molar refractivity (Wildman–Crippen MR) is 92.3 cm³/mol. The fourth-order valence-corrected chi connectivity index (χ4v) is 2.07. The van der Waals surface area contributed by atoms with Gasteiger partial charge in [0.15, 0.2) is 0 Å². The van der Waals surface area contributed by atoms with E-state index in [1.165, 1.54) is 0 Å². The molecule has 0 aliphatic carbocycles. The first kappa shape index (κ1) is 16.8. The molecule has 0 spiro atoms. The summed E-state index contributed by atoms with van der Waals surface area (Å²) in [6, 6.07) is 11.0. The van der Waals surface area contributed by atoms with Gasteiger partial charge in [-0.25, -0.2) is 4.98 Å². The first-order chi connectivity index (χ1) is 11.1. The molecule has 0 aliphatic rings. The monoisotopic (exact) mass is 313 g/mol. The van der Waals surface area contributed by atoms with Gasteiger partial charge in [-0.2, -0.15) is 0 Å². The molecule has 2 N–H and O–H groups in total. The average molecular weight is 313 g/mol. The number of hydrogen-bond donors (Lipinski definition) is 2. The maximum absolute atomic E-state index is 12.3. The Morgan fingerprint density at radius 1 is 1.22 bits per heavy atom. The Kier molecular flexibility index (Phi) is 5.97. The number of ether oxygens (including phenoxy) is 1. The number of anilines is 2. The normalized spacial score (nSPS) is 10.4. The summed E-state index contributed by atoms with van der Waals surface area (Å²) >= 11 is 0. The zero-order chi connectivity index (χ0) is 16.7. The molecule has 1 heterocycles. The highest BCUT2D eigenvalue weighted by Gasteiger charge is 2.12. The molecule has 2 aromatic rings. The van der Waals surface area contributed by atoms with Gasteiger partial charge >= 0.3 is 0 Å². The summed E-state index contributed by atoms with van der Waals surface area (Å²) in [7, 11) is 1.63. The lowest BCUT2D eigenvalue weighted by Gasteiger charge is -2.12. The van der Waals surface area contributed by atoms with Gasteiger partial charge < -0.3 is 15.4 Å². The highest BCUT2D eigenvalue weighted by Crippen LogP contribution is 2.21. The molecule has 122 valence electrons. The van der Waals surface area contributed by atoms with E-state index in [1.807, 2.05) is 24.3 Å². The summed E-state index contributed by atoms with van der Waals surface area (Å²) in [4.78, 5) is 16.6. The van der Waals surface area contributed by atoms with E-state index in [-0.39, 0.29) is 5.91 Å².